The Hall–Kier alpha value is -4.34. The van der Waals surface area contributed by atoms with E-state index in [0.29, 0.717) is 45.2 Å². The topological polar surface area (TPSA) is 105 Å². The van der Waals surface area contributed by atoms with Crippen LogP contribution in [-0.4, -0.2) is 41.2 Å². The van der Waals surface area contributed by atoms with Crippen molar-refractivity contribution >= 4 is 57.3 Å². The first-order chi connectivity index (χ1) is 19.7. The van der Waals surface area contributed by atoms with Crippen LogP contribution in [0.1, 0.15) is 26.3 Å². The fourth-order valence-corrected chi connectivity index (χ4v) is 4.59. The van der Waals surface area contributed by atoms with E-state index in [1.807, 2.05) is 0 Å². The summed E-state index contributed by atoms with van der Waals surface area (Å²) in [5, 5.41) is 6.35. The van der Waals surface area contributed by atoms with E-state index in [9.17, 15) is 9.59 Å². The van der Waals surface area contributed by atoms with Crippen molar-refractivity contribution in [2.45, 2.75) is 26.9 Å². The van der Waals surface area contributed by atoms with Gasteiger partial charge in [0.2, 0.25) is 5.82 Å². The molecule has 0 N–H and O–H groups in total. The van der Waals surface area contributed by atoms with E-state index in [-0.39, 0.29) is 34.9 Å². The predicted octanol–water partition coefficient (Wildman–Crippen LogP) is 6.73. The Bertz CT molecular complexity index is 1840. The average molecular weight is 594 g/mol. The number of ether oxygens (including phenoxy) is 3. The van der Waals surface area contributed by atoms with Gasteiger partial charge in [-0.1, -0.05) is 35.3 Å². The Morgan fingerprint density at radius 2 is 1.90 bits per heavy atom. The van der Waals surface area contributed by atoms with E-state index >= 15 is 0 Å². The average Bonchev–Trinajstić information content (AvgIpc) is 3.35. The molecule has 41 heavy (non-hydrogen) atoms. The quantitative estimate of drug-likeness (QED) is 0.138. The summed E-state index contributed by atoms with van der Waals surface area (Å²) in [6, 6.07) is 17.2. The standard InChI is InChI=1S/C30H25Cl2N3O6/c1-4-38-25-12-18(11-22(32)28(25)39-16-27(36)40-17(2)3)15-33-35-29(34-23-8-6-5-7-21(23)30(35)37)26-14-19-13-20(31)9-10-24(19)41-26/h5-15,17H,4,16H2,1-3H3. The molecule has 0 saturated heterocycles. The highest BCUT2D eigenvalue weighted by molar-refractivity contribution is 6.32. The highest BCUT2D eigenvalue weighted by atomic mass is 35.5. The maximum atomic E-state index is 13.6. The summed E-state index contributed by atoms with van der Waals surface area (Å²) in [5.41, 5.74) is 1.21. The lowest BCUT2D eigenvalue weighted by Gasteiger charge is -2.15. The number of hydrogen-bond acceptors (Lipinski definition) is 8. The van der Waals surface area contributed by atoms with Crippen LogP contribution >= 0.6 is 23.2 Å². The summed E-state index contributed by atoms with van der Waals surface area (Å²) < 4.78 is 23.6. The number of furan rings is 1. The molecule has 0 fully saturated rings. The minimum Gasteiger partial charge on any atom is -0.490 e. The number of nitrogens with zero attached hydrogens (tertiary/aromatic N) is 3. The summed E-state index contributed by atoms with van der Waals surface area (Å²) >= 11 is 12.7. The number of carbonyl (C=O) groups excluding carboxylic acids is 1. The van der Waals surface area contributed by atoms with Crippen molar-refractivity contribution in [1.82, 2.24) is 9.66 Å². The molecule has 0 bridgehead atoms. The number of aromatic nitrogens is 2. The Morgan fingerprint density at radius 3 is 2.68 bits per heavy atom. The molecule has 0 atom stereocenters. The summed E-state index contributed by atoms with van der Waals surface area (Å²) in [6.45, 7) is 5.28. The molecular formula is C30H25Cl2N3O6. The molecule has 3 aromatic carbocycles. The molecule has 0 aliphatic heterocycles. The maximum absolute atomic E-state index is 13.6. The zero-order valence-corrected chi connectivity index (χ0v) is 23.9. The van der Waals surface area contributed by atoms with Crippen molar-refractivity contribution in [3.05, 3.63) is 86.6 Å². The lowest BCUT2D eigenvalue weighted by atomic mass is 10.2. The number of fused-ring (bicyclic) bond motifs is 2. The van der Waals surface area contributed by atoms with Crippen LogP contribution in [0.2, 0.25) is 10.0 Å². The largest absolute Gasteiger partial charge is 0.490 e. The fraction of sp³-hybridized carbons (Fsp3) is 0.200. The minimum absolute atomic E-state index is 0.188. The van der Waals surface area contributed by atoms with Gasteiger partial charge in [-0.2, -0.15) is 9.78 Å². The Balaban J connectivity index is 1.56. The molecule has 9 nitrogen and oxygen atoms in total. The van der Waals surface area contributed by atoms with Crippen LogP contribution in [0.15, 0.2) is 75.0 Å². The van der Waals surface area contributed by atoms with E-state index < -0.39 is 5.97 Å². The molecule has 2 heterocycles. The Morgan fingerprint density at radius 1 is 1.10 bits per heavy atom. The lowest BCUT2D eigenvalue weighted by molar-refractivity contribution is -0.149. The van der Waals surface area contributed by atoms with Gasteiger partial charge < -0.3 is 18.6 Å². The smallest absolute Gasteiger partial charge is 0.344 e. The molecule has 0 spiro atoms. The van der Waals surface area contributed by atoms with Gasteiger partial charge in [-0.05, 0) is 74.9 Å². The molecule has 0 aliphatic carbocycles. The highest BCUT2D eigenvalue weighted by Crippen LogP contribution is 2.36. The molecule has 210 valence electrons. The van der Waals surface area contributed by atoms with Crippen molar-refractivity contribution < 1.29 is 23.4 Å². The number of halogens is 2. The van der Waals surface area contributed by atoms with Crippen molar-refractivity contribution in [2.24, 2.45) is 5.10 Å². The second-order valence-electron chi connectivity index (χ2n) is 9.20. The Labute approximate surface area is 244 Å². The number of benzene rings is 3. The molecule has 2 aromatic heterocycles. The van der Waals surface area contributed by atoms with E-state index in [4.69, 9.17) is 41.8 Å². The number of para-hydroxylation sites is 1. The van der Waals surface area contributed by atoms with Gasteiger partial charge in [-0.25, -0.2) is 9.78 Å². The number of hydrogen-bond donors (Lipinski definition) is 0. The van der Waals surface area contributed by atoms with Gasteiger partial charge >= 0.3 is 5.97 Å². The monoisotopic (exact) mass is 593 g/mol. The minimum atomic E-state index is -0.535. The fourth-order valence-electron chi connectivity index (χ4n) is 4.13. The molecule has 5 aromatic rings. The molecule has 0 amide bonds. The number of esters is 1. The lowest BCUT2D eigenvalue weighted by Crippen LogP contribution is -2.20. The van der Waals surface area contributed by atoms with Crippen LogP contribution < -0.4 is 15.0 Å². The van der Waals surface area contributed by atoms with Crippen molar-refractivity contribution in [3.63, 3.8) is 0 Å². The molecule has 0 aliphatic rings. The third-order valence-corrected chi connectivity index (χ3v) is 6.32. The van der Waals surface area contributed by atoms with Gasteiger partial charge in [0.25, 0.3) is 5.56 Å². The highest BCUT2D eigenvalue weighted by Gasteiger charge is 2.18. The van der Waals surface area contributed by atoms with Crippen LogP contribution in [0.5, 0.6) is 11.5 Å². The zero-order chi connectivity index (χ0) is 29.1. The van der Waals surface area contributed by atoms with Gasteiger partial charge in [0.15, 0.2) is 23.9 Å². The SMILES string of the molecule is CCOc1cc(C=Nn2c(-c3cc4cc(Cl)ccc4o3)nc3ccccc3c2=O)cc(Cl)c1OCC(=O)OC(C)C. The molecule has 0 saturated carbocycles. The van der Waals surface area contributed by atoms with Crippen molar-refractivity contribution in [2.75, 3.05) is 13.2 Å². The van der Waals surface area contributed by atoms with E-state index in [1.54, 1.807) is 81.4 Å². The van der Waals surface area contributed by atoms with E-state index in [0.717, 1.165) is 5.39 Å². The zero-order valence-electron chi connectivity index (χ0n) is 22.4. The Kier molecular flexibility index (Phi) is 8.28. The summed E-state index contributed by atoms with van der Waals surface area (Å²) in [6.07, 6.45) is 1.17. The van der Waals surface area contributed by atoms with Crippen molar-refractivity contribution in [3.8, 4) is 23.1 Å². The predicted molar refractivity (Wildman–Crippen MR) is 159 cm³/mol. The van der Waals surface area contributed by atoms with Crippen LogP contribution in [-0.2, 0) is 9.53 Å². The normalized spacial score (nSPS) is 11.6. The molecule has 0 radical (unpaired) electrons. The van der Waals surface area contributed by atoms with Crippen molar-refractivity contribution in [1.29, 1.82) is 0 Å². The summed E-state index contributed by atoms with van der Waals surface area (Å²) in [5.74, 6) is 0.506. The summed E-state index contributed by atoms with van der Waals surface area (Å²) in [4.78, 5) is 30.2. The van der Waals surface area contributed by atoms with E-state index in [1.165, 1.54) is 10.9 Å². The van der Waals surface area contributed by atoms with Crippen LogP contribution in [0, 0.1) is 0 Å². The second kappa shape index (κ2) is 12.0. The third kappa shape index (κ3) is 6.21. The second-order valence-corrected chi connectivity index (χ2v) is 10.0. The first-order valence-electron chi connectivity index (χ1n) is 12.8. The van der Waals surface area contributed by atoms with Crippen LogP contribution in [0.3, 0.4) is 0 Å². The van der Waals surface area contributed by atoms with E-state index in [2.05, 4.69) is 10.1 Å². The molecule has 5 rings (SSSR count). The molecule has 0 unspecified atom stereocenters. The van der Waals surface area contributed by atoms with Gasteiger partial charge in [0, 0.05) is 10.4 Å². The van der Waals surface area contributed by atoms with Crippen LogP contribution in [0.25, 0.3) is 33.5 Å². The van der Waals surface area contributed by atoms with Gasteiger partial charge in [-0.3, -0.25) is 4.79 Å². The first-order valence-corrected chi connectivity index (χ1v) is 13.5. The maximum Gasteiger partial charge on any atom is 0.344 e. The van der Waals surface area contributed by atoms with Gasteiger partial charge in [-0.15, -0.1) is 0 Å². The number of carbonyl (C=O) groups is 1. The van der Waals surface area contributed by atoms with Gasteiger partial charge in [0.05, 0.1) is 34.9 Å². The number of rotatable bonds is 9. The first kappa shape index (κ1) is 28.2. The van der Waals surface area contributed by atoms with Crippen LogP contribution in [0.4, 0.5) is 0 Å². The summed E-state index contributed by atoms with van der Waals surface area (Å²) in [7, 11) is 0. The third-order valence-electron chi connectivity index (χ3n) is 5.81. The molecule has 11 heteroatoms. The molecular weight excluding hydrogens is 569 g/mol. The van der Waals surface area contributed by atoms with Gasteiger partial charge in [0.1, 0.15) is 5.58 Å².